The number of pyridine rings is 1. The van der Waals surface area contributed by atoms with Gasteiger partial charge in [-0.1, -0.05) is 6.07 Å². The number of halogens is 1. The first kappa shape index (κ1) is 12.3. The van der Waals surface area contributed by atoms with Crippen LogP contribution < -0.4 is 5.73 Å². The minimum atomic E-state index is -0.248. The van der Waals surface area contributed by atoms with E-state index in [-0.39, 0.29) is 6.67 Å². The summed E-state index contributed by atoms with van der Waals surface area (Å²) in [5, 5.41) is 0. The number of piperazine rings is 1. The number of nitrogens with two attached hydrogens (primary N) is 1. The summed E-state index contributed by atoms with van der Waals surface area (Å²) in [6.07, 6.45) is 1.82. The first-order valence-corrected chi connectivity index (χ1v) is 5.99. The van der Waals surface area contributed by atoms with Crippen LogP contribution in [0.25, 0.3) is 0 Å². The van der Waals surface area contributed by atoms with E-state index >= 15 is 0 Å². The van der Waals surface area contributed by atoms with Gasteiger partial charge in [0, 0.05) is 45.5 Å². The van der Waals surface area contributed by atoms with Gasteiger partial charge in [-0.2, -0.15) is 0 Å². The number of hydrogen-bond acceptors (Lipinski definition) is 4. The minimum absolute atomic E-state index is 0.248. The molecule has 2 rings (SSSR count). The van der Waals surface area contributed by atoms with Crippen LogP contribution in [-0.2, 0) is 6.54 Å². The lowest BCUT2D eigenvalue weighted by molar-refractivity contribution is 0.121. The van der Waals surface area contributed by atoms with Gasteiger partial charge in [-0.15, -0.1) is 0 Å². The maximum atomic E-state index is 12.2. The zero-order valence-electron chi connectivity index (χ0n) is 9.98. The van der Waals surface area contributed by atoms with Crippen molar-refractivity contribution in [1.82, 2.24) is 14.8 Å². The second-order valence-corrected chi connectivity index (χ2v) is 4.40. The Labute approximate surface area is 101 Å². The Bertz CT molecular complexity index is 333. The molecule has 1 saturated heterocycles. The van der Waals surface area contributed by atoms with Gasteiger partial charge in [0.1, 0.15) is 12.5 Å². The van der Waals surface area contributed by atoms with Gasteiger partial charge in [-0.3, -0.25) is 9.80 Å². The predicted octanol–water partition coefficient (Wildman–Crippen LogP) is 0.751. The van der Waals surface area contributed by atoms with E-state index in [2.05, 4.69) is 14.8 Å². The van der Waals surface area contributed by atoms with Crippen molar-refractivity contribution in [2.75, 3.05) is 45.1 Å². The molecule has 1 aliphatic rings. The van der Waals surface area contributed by atoms with Crippen LogP contribution in [0, 0.1) is 0 Å². The smallest absolute Gasteiger partial charge is 0.123 e. The monoisotopic (exact) mass is 238 g/mol. The number of rotatable bonds is 4. The number of nitrogen functional groups attached to an aromatic ring is 1. The maximum Gasteiger partial charge on any atom is 0.123 e. The van der Waals surface area contributed by atoms with E-state index in [1.54, 1.807) is 0 Å². The highest BCUT2D eigenvalue weighted by atomic mass is 19.1. The molecule has 5 heteroatoms. The van der Waals surface area contributed by atoms with Crippen molar-refractivity contribution in [3.8, 4) is 0 Å². The van der Waals surface area contributed by atoms with Gasteiger partial charge >= 0.3 is 0 Å². The van der Waals surface area contributed by atoms with Crippen molar-refractivity contribution in [1.29, 1.82) is 0 Å². The lowest BCUT2D eigenvalue weighted by atomic mass is 10.2. The molecule has 0 unspecified atom stereocenters. The molecule has 4 nitrogen and oxygen atoms in total. The molecule has 94 valence electrons. The second-order valence-electron chi connectivity index (χ2n) is 4.40. The van der Waals surface area contributed by atoms with Gasteiger partial charge in [0.05, 0.1) is 0 Å². The average Bonchev–Trinajstić information content (AvgIpc) is 2.35. The van der Waals surface area contributed by atoms with E-state index in [4.69, 9.17) is 5.73 Å². The standard InChI is InChI=1S/C12H19FN4/c13-3-4-16-5-7-17(8-6-16)10-11-1-2-12(14)15-9-11/h1-2,9H,3-8,10H2,(H2,14,15). The summed E-state index contributed by atoms with van der Waals surface area (Å²) in [5.41, 5.74) is 6.72. The molecule has 0 bridgehead atoms. The Morgan fingerprint density at radius 1 is 1.18 bits per heavy atom. The van der Waals surface area contributed by atoms with Crippen LogP contribution in [0.5, 0.6) is 0 Å². The quantitative estimate of drug-likeness (QED) is 0.841. The fraction of sp³-hybridized carbons (Fsp3) is 0.583. The Morgan fingerprint density at radius 2 is 1.88 bits per heavy atom. The number of hydrogen-bond donors (Lipinski definition) is 1. The molecule has 0 radical (unpaired) electrons. The second kappa shape index (κ2) is 5.93. The Balaban J connectivity index is 1.79. The van der Waals surface area contributed by atoms with Crippen molar-refractivity contribution in [3.63, 3.8) is 0 Å². The van der Waals surface area contributed by atoms with Crippen molar-refractivity contribution >= 4 is 5.82 Å². The van der Waals surface area contributed by atoms with Crippen LogP contribution in [0.3, 0.4) is 0 Å². The van der Waals surface area contributed by atoms with E-state index in [1.807, 2.05) is 18.3 Å². The van der Waals surface area contributed by atoms with E-state index < -0.39 is 0 Å². The summed E-state index contributed by atoms with van der Waals surface area (Å²) in [4.78, 5) is 8.61. The molecular weight excluding hydrogens is 219 g/mol. The lowest BCUT2D eigenvalue weighted by Gasteiger charge is -2.34. The average molecular weight is 238 g/mol. The normalized spacial score (nSPS) is 18.4. The van der Waals surface area contributed by atoms with Gasteiger partial charge in [0.25, 0.3) is 0 Å². The fourth-order valence-electron chi connectivity index (χ4n) is 2.08. The Hall–Kier alpha value is -1.20. The molecule has 2 heterocycles. The highest BCUT2D eigenvalue weighted by Crippen LogP contribution is 2.08. The van der Waals surface area contributed by atoms with Crippen molar-refractivity contribution in [2.24, 2.45) is 0 Å². The highest BCUT2D eigenvalue weighted by molar-refractivity contribution is 5.29. The Kier molecular flexibility index (Phi) is 4.28. The molecule has 1 aromatic rings. The lowest BCUT2D eigenvalue weighted by Crippen LogP contribution is -2.46. The SMILES string of the molecule is Nc1ccc(CN2CCN(CCF)CC2)cn1. The van der Waals surface area contributed by atoms with Crippen LogP contribution in [-0.4, -0.2) is 54.2 Å². The zero-order valence-corrected chi connectivity index (χ0v) is 9.98. The van der Waals surface area contributed by atoms with Crippen LogP contribution in [0.15, 0.2) is 18.3 Å². The Morgan fingerprint density at radius 3 is 2.47 bits per heavy atom. The number of alkyl halides is 1. The van der Waals surface area contributed by atoms with E-state index in [1.165, 1.54) is 5.56 Å². The van der Waals surface area contributed by atoms with Gasteiger partial charge < -0.3 is 5.73 Å². The van der Waals surface area contributed by atoms with Crippen LogP contribution >= 0.6 is 0 Å². The van der Waals surface area contributed by atoms with E-state index in [9.17, 15) is 4.39 Å². The summed E-state index contributed by atoms with van der Waals surface area (Å²) < 4.78 is 12.2. The van der Waals surface area contributed by atoms with Crippen LogP contribution in [0.4, 0.5) is 10.2 Å². The van der Waals surface area contributed by atoms with E-state index in [0.717, 1.165) is 32.7 Å². The zero-order chi connectivity index (χ0) is 12.1. The molecule has 0 atom stereocenters. The van der Waals surface area contributed by atoms with Gasteiger partial charge in [-0.05, 0) is 11.6 Å². The molecular formula is C12H19FN4. The third-order valence-corrected chi connectivity index (χ3v) is 3.12. The topological polar surface area (TPSA) is 45.4 Å². The summed E-state index contributed by atoms with van der Waals surface area (Å²) in [7, 11) is 0. The maximum absolute atomic E-state index is 12.2. The largest absolute Gasteiger partial charge is 0.384 e. The number of anilines is 1. The number of aromatic nitrogens is 1. The summed E-state index contributed by atoms with van der Waals surface area (Å²) in [6, 6.07) is 3.84. The van der Waals surface area contributed by atoms with Crippen molar-refractivity contribution in [2.45, 2.75) is 6.54 Å². The molecule has 1 aromatic heterocycles. The summed E-state index contributed by atoms with van der Waals surface area (Å²) in [6.45, 7) is 5.10. The molecule has 2 N–H and O–H groups in total. The van der Waals surface area contributed by atoms with Crippen molar-refractivity contribution in [3.05, 3.63) is 23.9 Å². The highest BCUT2D eigenvalue weighted by Gasteiger charge is 2.16. The molecule has 0 amide bonds. The van der Waals surface area contributed by atoms with Crippen LogP contribution in [0.2, 0.25) is 0 Å². The van der Waals surface area contributed by atoms with Crippen LogP contribution in [0.1, 0.15) is 5.56 Å². The molecule has 0 saturated carbocycles. The fourth-order valence-corrected chi connectivity index (χ4v) is 2.08. The third kappa shape index (κ3) is 3.64. The minimum Gasteiger partial charge on any atom is -0.384 e. The molecule has 1 aliphatic heterocycles. The summed E-state index contributed by atoms with van der Waals surface area (Å²) >= 11 is 0. The molecule has 17 heavy (non-hydrogen) atoms. The first-order chi connectivity index (χ1) is 8.28. The third-order valence-electron chi connectivity index (χ3n) is 3.12. The predicted molar refractivity (Wildman–Crippen MR) is 66.3 cm³/mol. The van der Waals surface area contributed by atoms with Gasteiger partial charge in [0.2, 0.25) is 0 Å². The molecule has 1 fully saturated rings. The molecule has 0 spiro atoms. The molecule has 0 aromatic carbocycles. The van der Waals surface area contributed by atoms with Gasteiger partial charge in [0.15, 0.2) is 0 Å². The van der Waals surface area contributed by atoms with Gasteiger partial charge in [-0.25, -0.2) is 9.37 Å². The first-order valence-electron chi connectivity index (χ1n) is 5.99. The number of nitrogens with zero attached hydrogens (tertiary/aromatic N) is 3. The van der Waals surface area contributed by atoms with Crippen molar-refractivity contribution < 1.29 is 4.39 Å². The summed E-state index contributed by atoms with van der Waals surface area (Å²) in [5.74, 6) is 0.557. The molecule has 0 aliphatic carbocycles. The van der Waals surface area contributed by atoms with E-state index in [0.29, 0.717) is 12.4 Å².